The molecule has 1 saturated carbocycles. The van der Waals surface area contributed by atoms with Gasteiger partial charge in [0.2, 0.25) is 0 Å². The highest BCUT2D eigenvalue weighted by atomic mass is 16.2. The van der Waals surface area contributed by atoms with Gasteiger partial charge in [-0.3, -0.25) is 0 Å². The summed E-state index contributed by atoms with van der Waals surface area (Å²) in [6.07, 6.45) is 4.28. The minimum atomic E-state index is -0.180. The topological polar surface area (TPSA) is 82.3 Å². The lowest BCUT2D eigenvalue weighted by molar-refractivity contribution is 0.230. The summed E-state index contributed by atoms with van der Waals surface area (Å²) in [4.78, 5) is 25.1. The number of carbonyl (C=O) groups is 2. The SMILES string of the molecule is O=C(NC[C@H]1CCC[C@H](CNC(=O)Nc2cccc3ccccc23)C1)Nc1cccc2ccccc12. The van der Waals surface area contributed by atoms with E-state index in [0.29, 0.717) is 24.9 Å². The first-order chi connectivity index (χ1) is 17.7. The second-order valence-electron chi connectivity index (χ2n) is 9.62. The standard InChI is InChI=1S/C30H32N4O2/c35-29(33-27-16-6-12-23-10-1-3-14-25(23)27)31-19-21-8-5-9-22(18-21)20-32-30(36)34-28-17-7-13-24-11-2-4-15-26(24)28/h1-4,6-7,10-17,21-22H,5,8-9,18-20H2,(H2,31,33,35)(H2,32,34,36)/t21-,22-/m0/s1. The summed E-state index contributed by atoms with van der Waals surface area (Å²) in [7, 11) is 0. The third kappa shape index (κ3) is 5.77. The van der Waals surface area contributed by atoms with Crippen molar-refractivity contribution in [1.82, 2.24) is 10.6 Å². The summed E-state index contributed by atoms with van der Waals surface area (Å²) >= 11 is 0. The smallest absolute Gasteiger partial charge is 0.319 e. The summed E-state index contributed by atoms with van der Waals surface area (Å²) in [6, 6.07) is 27.5. The van der Waals surface area contributed by atoms with Crippen LogP contribution < -0.4 is 21.3 Å². The van der Waals surface area contributed by atoms with Crippen molar-refractivity contribution in [2.45, 2.75) is 25.7 Å². The number of fused-ring (bicyclic) bond motifs is 2. The predicted molar refractivity (Wildman–Crippen MR) is 147 cm³/mol. The zero-order valence-corrected chi connectivity index (χ0v) is 20.3. The van der Waals surface area contributed by atoms with Gasteiger partial charge in [-0.25, -0.2) is 9.59 Å². The molecule has 1 fully saturated rings. The number of carbonyl (C=O) groups excluding carboxylic acids is 2. The maximum Gasteiger partial charge on any atom is 0.319 e. The fraction of sp³-hybridized carbons (Fsp3) is 0.267. The molecule has 4 N–H and O–H groups in total. The number of hydrogen-bond acceptors (Lipinski definition) is 2. The summed E-state index contributed by atoms with van der Waals surface area (Å²) in [6.45, 7) is 1.27. The fourth-order valence-electron chi connectivity index (χ4n) is 5.25. The van der Waals surface area contributed by atoms with Crippen LogP contribution in [0.15, 0.2) is 84.9 Å². The Hall–Kier alpha value is -4.06. The Kier molecular flexibility index (Phi) is 7.31. The molecule has 1 aliphatic carbocycles. The molecule has 0 unspecified atom stereocenters. The van der Waals surface area contributed by atoms with Crippen molar-refractivity contribution in [2.24, 2.45) is 11.8 Å². The van der Waals surface area contributed by atoms with E-state index in [1.165, 1.54) is 0 Å². The highest BCUT2D eigenvalue weighted by Gasteiger charge is 2.23. The summed E-state index contributed by atoms with van der Waals surface area (Å²) < 4.78 is 0. The van der Waals surface area contributed by atoms with Crippen molar-refractivity contribution in [1.29, 1.82) is 0 Å². The molecule has 4 aromatic rings. The normalized spacial score (nSPS) is 17.4. The van der Waals surface area contributed by atoms with Gasteiger partial charge in [0.25, 0.3) is 0 Å². The molecule has 36 heavy (non-hydrogen) atoms. The van der Waals surface area contributed by atoms with E-state index in [1.54, 1.807) is 0 Å². The van der Waals surface area contributed by atoms with Crippen LogP contribution in [-0.4, -0.2) is 25.2 Å². The fourth-order valence-corrected chi connectivity index (χ4v) is 5.25. The highest BCUT2D eigenvalue weighted by molar-refractivity contribution is 6.02. The first-order valence-corrected chi connectivity index (χ1v) is 12.7. The molecule has 0 spiro atoms. The molecule has 1 aliphatic rings. The predicted octanol–water partition coefficient (Wildman–Crippen LogP) is 6.74. The van der Waals surface area contributed by atoms with E-state index in [-0.39, 0.29) is 12.1 Å². The van der Waals surface area contributed by atoms with E-state index in [9.17, 15) is 9.59 Å². The van der Waals surface area contributed by atoms with Gasteiger partial charge in [-0.2, -0.15) is 0 Å². The Labute approximate surface area is 211 Å². The molecule has 0 heterocycles. The van der Waals surface area contributed by atoms with Crippen LogP contribution in [0, 0.1) is 11.8 Å². The van der Waals surface area contributed by atoms with Crippen molar-refractivity contribution in [2.75, 3.05) is 23.7 Å². The van der Waals surface area contributed by atoms with Gasteiger partial charge in [0, 0.05) is 23.9 Å². The second kappa shape index (κ2) is 11.1. The first-order valence-electron chi connectivity index (χ1n) is 12.7. The van der Waals surface area contributed by atoms with Crippen LogP contribution in [0.5, 0.6) is 0 Å². The quantitative estimate of drug-likeness (QED) is 0.246. The summed E-state index contributed by atoms with van der Waals surface area (Å²) in [5.41, 5.74) is 1.63. The van der Waals surface area contributed by atoms with Crippen LogP contribution in [0.4, 0.5) is 21.0 Å². The molecule has 4 amide bonds. The number of nitrogens with one attached hydrogen (secondary N) is 4. The second-order valence-corrected chi connectivity index (χ2v) is 9.62. The maximum absolute atomic E-state index is 12.6. The van der Waals surface area contributed by atoms with Gasteiger partial charge >= 0.3 is 12.1 Å². The van der Waals surface area contributed by atoms with Gasteiger partial charge < -0.3 is 21.3 Å². The molecule has 0 saturated heterocycles. The van der Waals surface area contributed by atoms with Gasteiger partial charge in [-0.05, 0) is 54.0 Å². The number of hydrogen-bond donors (Lipinski definition) is 4. The van der Waals surface area contributed by atoms with E-state index >= 15 is 0 Å². The third-order valence-corrected chi connectivity index (χ3v) is 7.07. The molecule has 0 radical (unpaired) electrons. The lowest BCUT2D eigenvalue weighted by atomic mass is 9.81. The molecule has 6 nitrogen and oxygen atoms in total. The summed E-state index contributed by atoms with van der Waals surface area (Å²) in [5, 5.41) is 16.4. The highest BCUT2D eigenvalue weighted by Crippen LogP contribution is 2.29. The number of urea groups is 2. The Morgan fingerprint density at radius 2 is 1.06 bits per heavy atom. The van der Waals surface area contributed by atoms with Crippen LogP contribution in [0.25, 0.3) is 21.5 Å². The molecular formula is C30H32N4O2. The molecule has 0 aliphatic heterocycles. The van der Waals surface area contributed by atoms with Crippen molar-refractivity contribution in [3.05, 3.63) is 84.9 Å². The van der Waals surface area contributed by atoms with E-state index in [1.807, 2.05) is 84.9 Å². The minimum absolute atomic E-state index is 0.180. The van der Waals surface area contributed by atoms with Gasteiger partial charge in [-0.15, -0.1) is 0 Å². The molecule has 184 valence electrons. The van der Waals surface area contributed by atoms with Gasteiger partial charge in [0.1, 0.15) is 0 Å². The number of anilines is 2. The molecule has 5 rings (SSSR count). The van der Waals surface area contributed by atoms with Gasteiger partial charge in [0.05, 0.1) is 11.4 Å². The number of amides is 4. The summed E-state index contributed by atoms with van der Waals surface area (Å²) in [5.74, 6) is 0.815. The number of benzene rings is 4. The van der Waals surface area contributed by atoms with E-state index in [0.717, 1.165) is 58.6 Å². The van der Waals surface area contributed by atoms with Crippen LogP contribution in [-0.2, 0) is 0 Å². The molecular weight excluding hydrogens is 448 g/mol. The molecule has 2 atom stereocenters. The average molecular weight is 481 g/mol. The molecule has 0 aromatic heterocycles. The Bertz CT molecular complexity index is 1260. The largest absolute Gasteiger partial charge is 0.338 e. The zero-order valence-electron chi connectivity index (χ0n) is 20.3. The molecule has 0 bridgehead atoms. The maximum atomic E-state index is 12.6. The lowest BCUT2D eigenvalue weighted by Gasteiger charge is -2.29. The van der Waals surface area contributed by atoms with Crippen LogP contribution in [0.2, 0.25) is 0 Å². The Morgan fingerprint density at radius 1 is 0.611 bits per heavy atom. The van der Waals surface area contributed by atoms with Crippen LogP contribution in [0.3, 0.4) is 0 Å². The first kappa shape index (κ1) is 23.7. The Balaban J connectivity index is 1.08. The van der Waals surface area contributed by atoms with Gasteiger partial charge in [0.15, 0.2) is 0 Å². The third-order valence-electron chi connectivity index (χ3n) is 7.07. The van der Waals surface area contributed by atoms with Crippen molar-refractivity contribution in [3.8, 4) is 0 Å². The molecule has 4 aromatic carbocycles. The van der Waals surface area contributed by atoms with Crippen molar-refractivity contribution in [3.63, 3.8) is 0 Å². The van der Waals surface area contributed by atoms with Gasteiger partial charge in [-0.1, -0.05) is 79.2 Å². The van der Waals surface area contributed by atoms with E-state index in [4.69, 9.17) is 0 Å². The molecule has 6 heteroatoms. The monoisotopic (exact) mass is 480 g/mol. The van der Waals surface area contributed by atoms with Crippen LogP contribution >= 0.6 is 0 Å². The number of rotatable bonds is 6. The zero-order chi connectivity index (χ0) is 24.7. The van der Waals surface area contributed by atoms with Crippen molar-refractivity contribution < 1.29 is 9.59 Å². The van der Waals surface area contributed by atoms with E-state index in [2.05, 4.69) is 21.3 Å². The minimum Gasteiger partial charge on any atom is -0.338 e. The average Bonchev–Trinajstić information content (AvgIpc) is 2.91. The van der Waals surface area contributed by atoms with Crippen molar-refractivity contribution >= 4 is 45.0 Å². The van der Waals surface area contributed by atoms with Crippen LogP contribution in [0.1, 0.15) is 25.7 Å². The lowest BCUT2D eigenvalue weighted by Crippen LogP contribution is -2.38. The van der Waals surface area contributed by atoms with E-state index < -0.39 is 0 Å². The Morgan fingerprint density at radius 3 is 1.56 bits per heavy atom.